The van der Waals surface area contributed by atoms with Crippen LogP contribution in [0.2, 0.25) is 0 Å². The molecule has 1 atom stereocenters. The number of rotatable bonds is 7. The van der Waals surface area contributed by atoms with Gasteiger partial charge in [-0.05, 0) is 65.3 Å². The molecule has 1 rings (SSSR count). The fourth-order valence-corrected chi connectivity index (χ4v) is 2.88. The lowest BCUT2D eigenvalue weighted by Gasteiger charge is -2.31. The Hall–Kier alpha value is -0.810. The van der Waals surface area contributed by atoms with E-state index in [4.69, 9.17) is 9.84 Å². The molecule has 0 aromatic heterocycles. The summed E-state index contributed by atoms with van der Waals surface area (Å²) in [5, 5.41) is 15.6. The van der Waals surface area contributed by atoms with Crippen molar-refractivity contribution in [1.82, 2.24) is 10.6 Å². The number of ether oxygens (including phenoxy) is 1. The highest BCUT2D eigenvalue weighted by Crippen LogP contribution is 2.20. The Kier molecular flexibility index (Phi) is 8.18. The zero-order chi connectivity index (χ0) is 16.6. The van der Waals surface area contributed by atoms with Crippen molar-refractivity contribution in [2.45, 2.75) is 83.9 Å². The molecule has 22 heavy (non-hydrogen) atoms. The standard InChI is InChI=1S/C17H34N2O3/c1-5-13(10-11-20)12-18-14-6-8-15(9-7-14)19-16(21)22-17(2,3)4/h13-15,18,20H,5-12H2,1-4H3,(H,19,21). The molecule has 0 radical (unpaired) electrons. The maximum Gasteiger partial charge on any atom is 0.407 e. The highest BCUT2D eigenvalue weighted by molar-refractivity contribution is 5.68. The molecule has 3 N–H and O–H groups in total. The first kappa shape index (κ1) is 19.2. The molecule has 1 aliphatic rings. The van der Waals surface area contributed by atoms with Gasteiger partial charge in [0, 0.05) is 18.7 Å². The van der Waals surface area contributed by atoms with E-state index in [-0.39, 0.29) is 18.7 Å². The number of aliphatic hydroxyl groups is 1. The normalized spacial score (nSPS) is 23.9. The van der Waals surface area contributed by atoms with E-state index in [2.05, 4.69) is 17.6 Å². The van der Waals surface area contributed by atoms with E-state index in [1.807, 2.05) is 20.8 Å². The minimum atomic E-state index is -0.440. The largest absolute Gasteiger partial charge is 0.444 e. The molecule has 1 fully saturated rings. The topological polar surface area (TPSA) is 70.6 Å². The molecule has 130 valence electrons. The summed E-state index contributed by atoms with van der Waals surface area (Å²) in [6, 6.07) is 0.761. The van der Waals surface area contributed by atoms with Crippen molar-refractivity contribution in [3.63, 3.8) is 0 Å². The molecule has 0 bridgehead atoms. The van der Waals surface area contributed by atoms with Gasteiger partial charge in [-0.25, -0.2) is 4.79 Å². The van der Waals surface area contributed by atoms with Gasteiger partial charge in [0.15, 0.2) is 0 Å². The van der Waals surface area contributed by atoms with Crippen LogP contribution in [0.4, 0.5) is 4.79 Å². The van der Waals surface area contributed by atoms with Crippen molar-refractivity contribution in [2.24, 2.45) is 5.92 Å². The van der Waals surface area contributed by atoms with Gasteiger partial charge in [0.2, 0.25) is 0 Å². The highest BCUT2D eigenvalue weighted by Gasteiger charge is 2.24. The lowest BCUT2D eigenvalue weighted by molar-refractivity contribution is 0.0489. The van der Waals surface area contributed by atoms with Crippen LogP contribution in [0.1, 0.15) is 66.2 Å². The second-order valence-electron chi connectivity index (χ2n) is 7.39. The number of aliphatic hydroxyl groups excluding tert-OH is 1. The van der Waals surface area contributed by atoms with Crippen LogP contribution in [0.3, 0.4) is 0 Å². The molecule has 1 saturated carbocycles. The van der Waals surface area contributed by atoms with Crippen molar-refractivity contribution in [1.29, 1.82) is 0 Å². The second-order valence-corrected chi connectivity index (χ2v) is 7.39. The van der Waals surface area contributed by atoms with Gasteiger partial charge in [0.1, 0.15) is 5.60 Å². The van der Waals surface area contributed by atoms with Crippen LogP contribution in [-0.2, 0) is 4.74 Å². The van der Waals surface area contributed by atoms with Gasteiger partial charge in [-0.2, -0.15) is 0 Å². The Morgan fingerprint density at radius 3 is 2.32 bits per heavy atom. The van der Waals surface area contributed by atoms with Crippen LogP contribution < -0.4 is 10.6 Å². The highest BCUT2D eigenvalue weighted by atomic mass is 16.6. The zero-order valence-corrected chi connectivity index (χ0v) is 14.7. The smallest absolute Gasteiger partial charge is 0.407 e. The first-order valence-corrected chi connectivity index (χ1v) is 8.67. The molecule has 0 saturated heterocycles. The molecule has 5 heteroatoms. The van der Waals surface area contributed by atoms with Crippen LogP contribution in [-0.4, -0.2) is 42.0 Å². The molecule has 1 unspecified atom stereocenters. The van der Waals surface area contributed by atoms with E-state index in [9.17, 15) is 4.79 Å². The van der Waals surface area contributed by atoms with E-state index in [0.717, 1.165) is 45.1 Å². The lowest BCUT2D eigenvalue weighted by atomic mass is 9.90. The van der Waals surface area contributed by atoms with Crippen molar-refractivity contribution in [2.75, 3.05) is 13.2 Å². The van der Waals surface area contributed by atoms with Crippen molar-refractivity contribution < 1.29 is 14.6 Å². The van der Waals surface area contributed by atoms with Gasteiger partial charge in [-0.3, -0.25) is 0 Å². The lowest BCUT2D eigenvalue weighted by Crippen LogP contribution is -2.44. The zero-order valence-electron chi connectivity index (χ0n) is 14.7. The fraction of sp³-hybridized carbons (Fsp3) is 0.941. The molecule has 0 aromatic rings. The quantitative estimate of drug-likeness (QED) is 0.676. The summed E-state index contributed by atoms with van der Waals surface area (Å²) in [6.45, 7) is 9.06. The van der Waals surface area contributed by atoms with Gasteiger partial charge in [-0.1, -0.05) is 13.3 Å². The van der Waals surface area contributed by atoms with Crippen molar-refractivity contribution >= 4 is 6.09 Å². The molecule has 0 heterocycles. The van der Waals surface area contributed by atoms with Crippen LogP contribution in [0.5, 0.6) is 0 Å². The van der Waals surface area contributed by atoms with E-state index >= 15 is 0 Å². The number of nitrogens with one attached hydrogen (secondary N) is 2. The van der Waals surface area contributed by atoms with E-state index < -0.39 is 5.60 Å². The summed E-state index contributed by atoms with van der Waals surface area (Å²) in [6.07, 6.45) is 5.81. The third-order valence-corrected chi connectivity index (χ3v) is 4.26. The predicted molar refractivity (Wildman–Crippen MR) is 88.9 cm³/mol. The maximum absolute atomic E-state index is 11.8. The maximum atomic E-state index is 11.8. The fourth-order valence-electron chi connectivity index (χ4n) is 2.88. The summed E-state index contributed by atoms with van der Waals surface area (Å²) in [4.78, 5) is 11.8. The third-order valence-electron chi connectivity index (χ3n) is 4.26. The second kappa shape index (κ2) is 9.36. The molecule has 1 amide bonds. The minimum Gasteiger partial charge on any atom is -0.444 e. The molecular formula is C17H34N2O3. The SMILES string of the molecule is CCC(CCO)CNC1CCC(NC(=O)OC(C)(C)C)CC1. The first-order chi connectivity index (χ1) is 10.3. The van der Waals surface area contributed by atoms with Gasteiger partial charge >= 0.3 is 6.09 Å². The number of hydrogen-bond acceptors (Lipinski definition) is 4. The third kappa shape index (κ3) is 7.99. The number of carbonyl (C=O) groups excluding carboxylic acids is 1. The Morgan fingerprint density at radius 1 is 1.23 bits per heavy atom. The Bertz CT molecular complexity index is 320. The molecule has 0 spiro atoms. The molecular weight excluding hydrogens is 280 g/mol. The molecule has 1 aliphatic carbocycles. The van der Waals surface area contributed by atoms with E-state index in [1.165, 1.54) is 0 Å². The summed E-state index contributed by atoms with van der Waals surface area (Å²) < 4.78 is 5.30. The first-order valence-electron chi connectivity index (χ1n) is 8.67. The molecule has 5 nitrogen and oxygen atoms in total. The Morgan fingerprint density at radius 2 is 1.82 bits per heavy atom. The Labute approximate surface area is 135 Å². The molecule has 0 aliphatic heterocycles. The number of hydrogen-bond donors (Lipinski definition) is 3. The summed E-state index contributed by atoms with van der Waals surface area (Å²) >= 11 is 0. The number of carbonyl (C=O) groups is 1. The van der Waals surface area contributed by atoms with Crippen LogP contribution in [0, 0.1) is 5.92 Å². The van der Waals surface area contributed by atoms with Gasteiger partial charge in [0.25, 0.3) is 0 Å². The monoisotopic (exact) mass is 314 g/mol. The average Bonchev–Trinajstić information content (AvgIpc) is 2.43. The van der Waals surface area contributed by atoms with Gasteiger partial charge in [-0.15, -0.1) is 0 Å². The molecule has 0 aromatic carbocycles. The summed E-state index contributed by atoms with van der Waals surface area (Å²) in [5.41, 5.74) is -0.440. The summed E-state index contributed by atoms with van der Waals surface area (Å²) in [7, 11) is 0. The minimum absolute atomic E-state index is 0.229. The van der Waals surface area contributed by atoms with Crippen molar-refractivity contribution in [3.8, 4) is 0 Å². The van der Waals surface area contributed by atoms with E-state index in [1.54, 1.807) is 0 Å². The number of amides is 1. The van der Waals surface area contributed by atoms with Gasteiger partial charge in [0.05, 0.1) is 0 Å². The van der Waals surface area contributed by atoms with Crippen LogP contribution in [0.25, 0.3) is 0 Å². The Balaban J connectivity index is 2.21. The average molecular weight is 314 g/mol. The van der Waals surface area contributed by atoms with E-state index in [0.29, 0.717) is 12.0 Å². The summed E-state index contributed by atoms with van der Waals surface area (Å²) in [5.74, 6) is 0.558. The van der Waals surface area contributed by atoms with Crippen LogP contribution in [0.15, 0.2) is 0 Å². The van der Waals surface area contributed by atoms with Crippen molar-refractivity contribution in [3.05, 3.63) is 0 Å². The van der Waals surface area contributed by atoms with Gasteiger partial charge < -0.3 is 20.5 Å². The number of alkyl carbamates (subject to hydrolysis) is 1. The van der Waals surface area contributed by atoms with Crippen LogP contribution >= 0.6 is 0 Å². The predicted octanol–water partition coefficient (Wildman–Crippen LogP) is 2.82.